The van der Waals surface area contributed by atoms with Gasteiger partial charge < -0.3 is 5.32 Å². The molecule has 0 aliphatic rings. The van der Waals surface area contributed by atoms with Crippen molar-refractivity contribution in [1.82, 2.24) is 5.32 Å². The van der Waals surface area contributed by atoms with Crippen molar-refractivity contribution in [1.29, 1.82) is 0 Å². The molecule has 0 rings (SSSR count). The largest absolute Gasteiger partial charge is 0.313 e. The Morgan fingerprint density at radius 1 is 1.33 bits per heavy atom. The minimum absolute atomic E-state index is 0.145. The van der Waals surface area contributed by atoms with Crippen LogP contribution in [0.2, 0.25) is 0 Å². The lowest BCUT2D eigenvalue weighted by Crippen LogP contribution is -2.29. The molecule has 0 amide bonds. The molecule has 0 spiro atoms. The van der Waals surface area contributed by atoms with Crippen molar-refractivity contribution in [3.05, 3.63) is 0 Å². The quantitative estimate of drug-likeness (QED) is 0.487. The number of hydrogen-bond acceptors (Lipinski definition) is 1. The van der Waals surface area contributed by atoms with Crippen LogP contribution in [0.25, 0.3) is 0 Å². The summed E-state index contributed by atoms with van der Waals surface area (Å²) in [6.45, 7) is 5.10. The molecule has 1 unspecified atom stereocenters. The average molecular weight is 196 g/mol. The van der Waals surface area contributed by atoms with Crippen LogP contribution in [0.15, 0.2) is 0 Å². The Hall–Kier alpha value is 0.180. The Bertz CT molecular complexity index is 96.5. The third-order valence-corrected chi connectivity index (χ3v) is 2.68. The summed E-state index contributed by atoms with van der Waals surface area (Å²) in [4.78, 5) is 0. The minimum Gasteiger partial charge on any atom is -0.313 e. The molecule has 12 heavy (non-hydrogen) atoms. The molecule has 0 aromatic heterocycles. The molecule has 0 fully saturated rings. The van der Waals surface area contributed by atoms with Gasteiger partial charge >= 0.3 is 0 Å². The third-order valence-electron chi connectivity index (χ3n) is 2.17. The highest BCUT2D eigenvalue weighted by molar-refractivity contribution is 6.21. The van der Waals surface area contributed by atoms with Gasteiger partial charge in [-0.3, -0.25) is 0 Å². The zero-order chi connectivity index (χ0) is 9.40. The minimum atomic E-state index is -0.313. The maximum absolute atomic E-state index is 11.7. The molecular formula is C9H19ClFN. The molecule has 0 saturated heterocycles. The van der Waals surface area contributed by atoms with Crippen LogP contribution in [-0.2, 0) is 0 Å². The van der Waals surface area contributed by atoms with E-state index in [0.717, 1.165) is 19.4 Å². The van der Waals surface area contributed by atoms with Crippen LogP contribution in [-0.4, -0.2) is 25.1 Å². The average Bonchev–Trinajstić information content (AvgIpc) is 2.07. The van der Waals surface area contributed by atoms with Crippen LogP contribution in [0.1, 0.15) is 26.7 Å². The summed E-state index contributed by atoms with van der Waals surface area (Å²) in [7, 11) is 0. The topological polar surface area (TPSA) is 12.0 Å². The maximum atomic E-state index is 11.7. The van der Waals surface area contributed by atoms with Gasteiger partial charge in [0.1, 0.15) is 6.67 Å². The van der Waals surface area contributed by atoms with Gasteiger partial charge in [-0.15, -0.1) is 11.6 Å². The Kier molecular flexibility index (Phi) is 7.93. The summed E-state index contributed by atoms with van der Waals surface area (Å²) in [5.41, 5.74) is 0. The van der Waals surface area contributed by atoms with Crippen molar-refractivity contribution < 1.29 is 4.39 Å². The first-order valence-electron chi connectivity index (χ1n) is 4.66. The van der Waals surface area contributed by atoms with Crippen molar-refractivity contribution in [3.8, 4) is 0 Å². The first kappa shape index (κ1) is 12.2. The molecule has 0 aliphatic carbocycles. The molecule has 0 aromatic carbocycles. The Labute approximate surface area is 79.7 Å². The molecule has 1 N–H and O–H groups in total. The fourth-order valence-electron chi connectivity index (χ4n) is 1.27. The highest BCUT2D eigenvalue weighted by atomic mass is 35.5. The predicted octanol–water partition coefficient (Wildman–Crippen LogP) is 2.59. The van der Waals surface area contributed by atoms with Gasteiger partial charge in [0.05, 0.1) is 0 Å². The predicted molar refractivity (Wildman–Crippen MR) is 52.6 cm³/mol. The molecule has 1 atom stereocenters. The molecule has 1 nitrogen and oxygen atoms in total. The number of rotatable bonds is 7. The number of hydrogen-bond donors (Lipinski definition) is 1. The molecule has 3 heteroatoms. The molecule has 74 valence electrons. The Morgan fingerprint density at radius 2 is 1.92 bits per heavy atom. The summed E-state index contributed by atoms with van der Waals surface area (Å²) in [6, 6.07) is 0. The monoisotopic (exact) mass is 195 g/mol. The molecule has 0 aliphatic heterocycles. The second kappa shape index (κ2) is 7.81. The molecular weight excluding hydrogens is 177 g/mol. The molecule has 0 saturated carbocycles. The standard InChI is InChI=1S/C9H19ClFN/c1-3-8(4-2)9(10)7-12-6-5-11/h8-9,12H,3-7H2,1-2H3. The SMILES string of the molecule is CCC(CC)C(Cl)CNCCF. The summed E-state index contributed by atoms with van der Waals surface area (Å²) in [6.07, 6.45) is 2.20. The van der Waals surface area contributed by atoms with Gasteiger partial charge in [-0.05, 0) is 5.92 Å². The van der Waals surface area contributed by atoms with E-state index in [1.54, 1.807) is 0 Å². The summed E-state index contributed by atoms with van der Waals surface area (Å²) in [5.74, 6) is 0.554. The fourth-order valence-corrected chi connectivity index (χ4v) is 1.74. The van der Waals surface area contributed by atoms with E-state index >= 15 is 0 Å². The van der Waals surface area contributed by atoms with E-state index in [-0.39, 0.29) is 12.1 Å². The zero-order valence-corrected chi connectivity index (χ0v) is 8.70. The van der Waals surface area contributed by atoms with E-state index in [4.69, 9.17) is 11.6 Å². The lowest BCUT2D eigenvalue weighted by atomic mass is 9.99. The number of nitrogens with one attached hydrogen (secondary N) is 1. The van der Waals surface area contributed by atoms with Crippen LogP contribution < -0.4 is 5.32 Å². The van der Waals surface area contributed by atoms with Crippen LogP contribution >= 0.6 is 11.6 Å². The number of alkyl halides is 2. The van der Waals surface area contributed by atoms with E-state index in [1.807, 2.05) is 0 Å². The van der Waals surface area contributed by atoms with Crippen LogP contribution in [0.3, 0.4) is 0 Å². The van der Waals surface area contributed by atoms with E-state index < -0.39 is 0 Å². The van der Waals surface area contributed by atoms with Gasteiger partial charge in [0, 0.05) is 18.5 Å². The van der Waals surface area contributed by atoms with Gasteiger partial charge in [0.15, 0.2) is 0 Å². The normalized spacial score (nSPS) is 13.8. The highest BCUT2D eigenvalue weighted by Gasteiger charge is 2.14. The maximum Gasteiger partial charge on any atom is 0.102 e. The second-order valence-electron chi connectivity index (χ2n) is 2.99. The van der Waals surface area contributed by atoms with Crippen molar-refractivity contribution in [2.45, 2.75) is 32.1 Å². The lowest BCUT2D eigenvalue weighted by Gasteiger charge is -2.19. The molecule has 0 aromatic rings. The Morgan fingerprint density at radius 3 is 2.33 bits per heavy atom. The number of halogens is 2. The first-order valence-corrected chi connectivity index (χ1v) is 5.10. The van der Waals surface area contributed by atoms with E-state index in [2.05, 4.69) is 19.2 Å². The van der Waals surface area contributed by atoms with E-state index in [9.17, 15) is 4.39 Å². The first-order chi connectivity index (χ1) is 5.76. The Balaban J connectivity index is 3.47. The summed E-state index contributed by atoms with van der Waals surface area (Å²) < 4.78 is 11.7. The molecule has 0 heterocycles. The molecule has 0 bridgehead atoms. The van der Waals surface area contributed by atoms with Gasteiger partial charge in [0.2, 0.25) is 0 Å². The van der Waals surface area contributed by atoms with Gasteiger partial charge in [-0.1, -0.05) is 26.7 Å². The van der Waals surface area contributed by atoms with E-state index in [0.29, 0.717) is 12.5 Å². The van der Waals surface area contributed by atoms with Crippen molar-refractivity contribution >= 4 is 11.6 Å². The van der Waals surface area contributed by atoms with Crippen LogP contribution in [0, 0.1) is 5.92 Å². The second-order valence-corrected chi connectivity index (χ2v) is 3.55. The molecule has 0 radical (unpaired) electrons. The van der Waals surface area contributed by atoms with Crippen LogP contribution in [0.4, 0.5) is 4.39 Å². The lowest BCUT2D eigenvalue weighted by molar-refractivity contribution is 0.423. The zero-order valence-electron chi connectivity index (χ0n) is 7.95. The van der Waals surface area contributed by atoms with Crippen molar-refractivity contribution in [3.63, 3.8) is 0 Å². The van der Waals surface area contributed by atoms with Crippen molar-refractivity contribution in [2.75, 3.05) is 19.8 Å². The van der Waals surface area contributed by atoms with Crippen LogP contribution in [0.5, 0.6) is 0 Å². The smallest absolute Gasteiger partial charge is 0.102 e. The van der Waals surface area contributed by atoms with Gasteiger partial charge in [-0.2, -0.15) is 0 Å². The van der Waals surface area contributed by atoms with Crippen molar-refractivity contribution in [2.24, 2.45) is 5.92 Å². The summed E-state index contributed by atoms with van der Waals surface area (Å²) in [5, 5.41) is 3.12. The fraction of sp³-hybridized carbons (Fsp3) is 1.00. The van der Waals surface area contributed by atoms with Gasteiger partial charge in [-0.25, -0.2) is 4.39 Å². The summed E-state index contributed by atoms with van der Waals surface area (Å²) >= 11 is 6.10. The highest BCUT2D eigenvalue weighted by Crippen LogP contribution is 2.17. The van der Waals surface area contributed by atoms with Gasteiger partial charge in [0.25, 0.3) is 0 Å². The third kappa shape index (κ3) is 4.94. The van der Waals surface area contributed by atoms with E-state index in [1.165, 1.54) is 0 Å².